The summed E-state index contributed by atoms with van der Waals surface area (Å²) in [7, 11) is 0. The Labute approximate surface area is 159 Å². The summed E-state index contributed by atoms with van der Waals surface area (Å²) in [6.07, 6.45) is 4.15. The highest BCUT2D eigenvalue weighted by molar-refractivity contribution is 6.10. The molecule has 0 spiro atoms. The van der Waals surface area contributed by atoms with Crippen LogP contribution < -0.4 is 9.80 Å². The average molecular weight is 357 g/mol. The molecule has 0 N–H and O–H groups in total. The average Bonchev–Trinajstić information content (AvgIpc) is 3.16. The molecule has 5 rings (SSSR count). The van der Waals surface area contributed by atoms with Crippen molar-refractivity contribution in [3.05, 3.63) is 67.4 Å². The molecule has 1 aliphatic rings. The molecule has 1 aliphatic heterocycles. The summed E-state index contributed by atoms with van der Waals surface area (Å²) in [5.74, 6) is 0.720. The van der Waals surface area contributed by atoms with E-state index in [-0.39, 0.29) is 0 Å². The molecule has 134 valence electrons. The highest BCUT2D eigenvalue weighted by atomic mass is 16.3. The van der Waals surface area contributed by atoms with E-state index in [0.29, 0.717) is 11.9 Å². The van der Waals surface area contributed by atoms with Gasteiger partial charge in [-0.1, -0.05) is 12.1 Å². The summed E-state index contributed by atoms with van der Waals surface area (Å²) in [4.78, 5) is 12.8. The van der Waals surface area contributed by atoms with Crippen molar-refractivity contribution in [2.24, 2.45) is 0 Å². The lowest BCUT2D eigenvalue weighted by Gasteiger charge is -2.31. The lowest BCUT2D eigenvalue weighted by molar-refractivity contribution is 0.651. The van der Waals surface area contributed by atoms with Crippen LogP contribution in [-0.2, 0) is 0 Å². The summed E-state index contributed by atoms with van der Waals surface area (Å²) in [5, 5.41) is 1.98. The van der Waals surface area contributed by atoms with Gasteiger partial charge < -0.3 is 14.2 Å². The molecule has 0 amide bonds. The molecule has 0 atom stereocenters. The Kier molecular flexibility index (Phi) is 3.18. The fourth-order valence-corrected chi connectivity index (χ4v) is 3.85. The van der Waals surface area contributed by atoms with E-state index >= 15 is 0 Å². The van der Waals surface area contributed by atoms with Gasteiger partial charge in [-0.3, -0.25) is 0 Å². The lowest BCUT2D eigenvalue weighted by Crippen LogP contribution is -2.36. The molecule has 2 radical (unpaired) electrons. The highest BCUT2D eigenvalue weighted by Crippen LogP contribution is 2.50. The van der Waals surface area contributed by atoms with Crippen molar-refractivity contribution in [2.45, 2.75) is 26.8 Å². The molecule has 0 saturated heterocycles. The Bertz CT molecular complexity index is 1210. The molecule has 0 saturated carbocycles. The van der Waals surface area contributed by atoms with Crippen LogP contribution in [0.25, 0.3) is 22.1 Å². The highest BCUT2D eigenvalue weighted by Gasteiger charge is 2.39. The van der Waals surface area contributed by atoms with Gasteiger partial charge in [-0.2, -0.15) is 0 Å². The maximum atomic E-state index is 8.61. The van der Waals surface area contributed by atoms with Gasteiger partial charge >= 0.3 is 0 Å². The first-order valence-electron chi connectivity index (χ1n) is 9.39. The summed E-state index contributed by atoms with van der Waals surface area (Å²) in [5.41, 5.74) is 4.21. The van der Waals surface area contributed by atoms with Crippen LogP contribution in [0.5, 0.6) is 0 Å². The van der Waals surface area contributed by atoms with Crippen molar-refractivity contribution in [3.8, 4) is 0 Å². The third kappa shape index (κ3) is 2.17. The summed E-state index contributed by atoms with van der Waals surface area (Å²) in [6, 6.07) is 11.1. The zero-order chi connectivity index (χ0) is 19.6. The van der Waals surface area contributed by atoms with Gasteiger partial charge in [0.15, 0.2) is 17.6 Å². The normalized spacial score (nSPS) is 15.6. The summed E-state index contributed by atoms with van der Waals surface area (Å²) >= 11 is 0. The molecule has 1 aromatic carbocycles. The van der Waals surface area contributed by atoms with Crippen molar-refractivity contribution in [2.75, 3.05) is 9.80 Å². The second-order valence-corrected chi connectivity index (χ2v) is 6.95. The molecule has 3 aromatic heterocycles. The quantitative estimate of drug-likeness (QED) is 0.482. The molecule has 0 fully saturated rings. The van der Waals surface area contributed by atoms with Crippen LogP contribution in [0.3, 0.4) is 0 Å². The molecule has 4 aromatic rings. The molecule has 0 aliphatic carbocycles. The predicted molar refractivity (Wildman–Crippen MR) is 109 cm³/mol. The molecule has 5 heteroatoms. The first-order valence-corrected chi connectivity index (χ1v) is 8.89. The van der Waals surface area contributed by atoms with Gasteiger partial charge in [0, 0.05) is 29.2 Å². The maximum absolute atomic E-state index is 8.61. The van der Waals surface area contributed by atoms with E-state index < -0.39 is 6.02 Å². The number of aryl methyl sites for hydroxylation is 1. The molecule has 0 unspecified atom stereocenters. The Hall–Kier alpha value is -3.08. The van der Waals surface area contributed by atoms with E-state index in [9.17, 15) is 0 Å². The fraction of sp³-hybridized carbons (Fsp3) is 0.182. The third-order valence-electron chi connectivity index (χ3n) is 5.00. The second-order valence-electron chi connectivity index (χ2n) is 6.95. The molecular formula is C22H20N4O. The first-order chi connectivity index (χ1) is 13.4. The minimum atomic E-state index is -0.911. The van der Waals surface area contributed by atoms with E-state index in [2.05, 4.69) is 29.0 Å². The Morgan fingerprint density at radius 3 is 2.67 bits per heavy atom. The zero-order valence-electron chi connectivity index (χ0n) is 16.5. The fourth-order valence-electron chi connectivity index (χ4n) is 3.85. The van der Waals surface area contributed by atoms with Crippen molar-refractivity contribution >= 4 is 39.3 Å². The van der Waals surface area contributed by atoms with E-state index in [1.54, 1.807) is 12.4 Å². The number of benzene rings is 1. The van der Waals surface area contributed by atoms with Crippen LogP contribution in [-0.4, -0.2) is 16.0 Å². The Balaban J connectivity index is 1.82. The van der Waals surface area contributed by atoms with Crippen molar-refractivity contribution in [1.29, 1.82) is 0 Å². The number of rotatable bonds is 2. The van der Waals surface area contributed by atoms with E-state index in [4.69, 9.17) is 5.79 Å². The largest absolute Gasteiger partial charge is 0.435 e. The minimum absolute atomic E-state index is 0.609. The van der Waals surface area contributed by atoms with E-state index in [1.165, 1.54) is 0 Å². The monoisotopic (exact) mass is 357 g/mol. The van der Waals surface area contributed by atoms with Gasteiger partial charge in [-0.25, -0.2) is 9.97 Å². The topological polar surface area (TPSA) is 45.4 Å². The van der Waals surface area contributed by atoms with Gasteiger partial charge in [-0.15, -0.1) is 0 Å². The smallest absolute Gasteiger partial charge is 0.227 e. The number of hydrogen-bond acceptors (Lipinski definition) is 5. The van der Waals surface area contributed by atoms with Gasteiger partial charge in [0.25, 0.3) is 0 Å². The van der Waals surface area contributed by atoms with Gasteiger partial charge in [0.05, 0.1) is 12.7 Å². The van der Waals surface area contributed by atoms with Crippen LogP contribution >= 0.6 is 0 Å². The first kappa shape index (κ1) is 15.0. The Morgan fingerprint density at radius 2 is 1.85 bits per heavy atom. The second kappa shape index (κ2) is 5.71. The SMILES string of the molecule is [2H]C(C)(C)N1[C]([CH2])N(c2c(C)ccc3c2oc2ncccc23)c2cccnc21. The molecule has 27 heavy (non-hydrogen) atoms. The van der Waals surface area contributed by atoms with Crippen LogP contribution in [0.1, 0.15) is 20.8 Å². The number of aromatic nitrogens is 2. The van der Waals surface area contributed by atoms with Crippen molar-refractivity contribution in [1.82, 2.24) is 9.97 Å². The number of hydrogen-bond donors (Lipinski definition) is 0. The number of pyridine rings is 2. The third-order valence-corrected chi connectivity index (χ3v) is 5.00. The van der Waals surface area contributed by atoms with Crippen LogP contribution in [0, 0.1) is 20.0 Å². The van der Waals surface area contributed by atoms with Crippen molar-refractivity contribution in [3.63, 3.8) is 0 Å². The van der Waals surface area contributed by atoms with Gasteiger partial charge in [-0.05, 0) is 57.5 Å². The standard InChI is InChI=1S/C22H20N4O/c1-13(2)25-15(4)26(18-8-6-11-23-21(18)25)19-14(3)9-10-16-17-7-5-12-24-22(17)27-20(16)19/h5-13H,4H2,1-3H3/i13D. The van der Waals surface area contributed by atoms with Crippen LogP contribution in [0.15, 0.2) is 53.2 Å². The molecule has 4 heterocycles. The minimum Gasteiger partial charge on any atom is -0.435 e. The molecule has 0 bridgehead atoms. The predicted octanol–water partition coefficient (Wildman–Crippen LogP) is 5.37. The molecular weight excluding hydrogens is 336 g/mol. The van der Waals surface area contributed by atoms with Crippen molar-refractivity contribution < 1.29 is 5.79 Å². The van der Waals surface area contributed by atoms with E-state index in [1.807, 2.05) is 54.8 Å². The summed E-state index contributed by atoms with van der Waals surface area (Å²) < 4.78 is 14.8. The lowest BCUT2D eigenvalue weighted by atomic mass is 10.1. The number of nitrogens with zero attached hydrogens (tertiary/aromatic N) is 4. The van der Waals surface area contributed by atoms with Crippen LogP contribution in [0.2, 0.25) is 0 Å². The molecule has 5 nitrogen and oxygen atoms in total. The number of anilines is 3. The zero-order valence-corrected chi connectivity index (χ0v) is 15.5. The van der Waals surface area contributed by atoms with Gasteiger partial charge in [0.2, 0.25) is 5.71 Å². The van der Waals surface area contributed by atoms with Crippen LogP contribution in [0.4, 0.5) is 17.2 Å². The van der Waals surface area contributed by atoms with E-state index in [0.717, 1.165) is 39.1 Å². The Morgan fingerprint density at radius 1 is 1.07 bits per heavy atom. The van der Waals surface area contributed by atoms with Gasteiger partial charge in [0.1, 0.15) is 0 Å². The maximum Gasteiger partial charge on any atom is 0.227 e. The number of furan rings is 1. The summed E-state index contributed by atoms with van der Waals surface area (Å²) in [6.45, 7) is 10.0. The number of fused-ring (bicyclic) bond motifs is 4.